The van der Waals surface area contributed by atoms with Crippen molar-refractivity contribution in [3.63, 3.8) is 0 Å². The lowest BCUT2D eigenvalue weighted by Crippen LogP contribution is -2.25. The molecule has 2 aromatic carbocycles. The second-order valence-electron chi connectivity index (χ2n) is 5.46. The number of carbonyl (C=O) groups is 1. The Hall–Kier alpha value is -3.15. The summed E-state index contributed by atoms with van der Waals surface area (Å²) in [4.78, 5) is 12.1. The van der Waals surface area contributed by atoms with Crippen molar-refractivity contribution in [3.8, 4) is 17.2 Å². The number of rotatable bonds is 7. The van der Waals surface area contributed by atoms with Crippen LogP contribution < -0.4 is 10.1 Å². The number of nitrogens with one attached hydrogen (secondary N) is 1. The van der Waals surface area contributed by atoms with Crippen LogP contribution in [0.15, 0.2) is 59.0 Å². The van der Waals surface area contributed by atoms with Gasteiger partial charge in [0.2, 0.25) is 0 Å². The van der Waals surface area contributed by atoms with Crippen molar-refractivity contribution in [3.05, 3.63) is 66.1 Å². The highest BCUT2D eigenvalue weighted by atomic mass is 16.5. The van der Waals surface area contributed by atoms with Gasteiger partial charge in [-0.05, 0) is 30.5 Å². The molecule has 3 rings (SSSR count). The van der Waals surface area contributed by atoms with Gasteiger partial charge < -0.3 is 14.5 Å². The quantitative estimate of drug-likeness (QED) is 0.670. The Morgan fingerprint density at radius 1 is 1.08 bits per heavy atom. The molecule has 25 heavy (non-hydrogen) atoms. The number of amides is 1. The van der Waals surface area contributed by atoms with E-state index in [9.17, 15) is 4.79 Å². The minimum absolute atomic E-state index is 0.0550. The number of nitrogens with zero attached hydrogens (tertiary/aromatic N) is 2. The van der Waals surface area contributed by atoms with Gasteiger partial charge in [-0.15, -0.1) is 10.2 Å². The van der Waals surface area contributed by atoms with Gasteiger partial charge in [-0.2, -0.15) is 0 Å². The van der Waals surface area contributed by atoms with Gasteiger partial charge in [-0.3, -0.25) is 4.79 Å². The smallest absolute Gasteiger partial charge is 0.308 e. The number of aromatic nitrogens is 2. The summed E-state index contributed by atoms with van der Waals surface area (Å²) in [6.45, 7) is 0.542. The molecule has 1 N–H and O–H groups in total. The Kier molecular flexibility index (Phi) is 5.41. The van der Waals surface area contributed by atoms with Crippen LogP contribution in [0.5, 0.6) is 5.75 Å². The van der Waals surface area contributed by atoms with Crippen LogP contribution in [0.2, 0.25) is 0 Å². The highest BCUT2D eigenvalue weighted by Gasteiger charge is 2.17. The van der Waals surface area contributed by atoms with Crippen LogP contribution in [0.3, 0.4) is 0 Å². The van der Waals surface area contributed by atoms with Gasteiger partial charge in [0, 0.05) is 6.54 Å². The number of methoxy groups -OCH3 is 1. The van der Waals surface area contributed by atoms with Gasteiger partial charge in [-0.1, -0.05) is 42.5 Å². The molecule has 0 saturated heterocycles. The number of aryl methyl sites for hydroxylation is 1. The topological polar surface area (TPSA) is 77.2 Å². The van der Waals surface area contributed by atoms with E-state index in [1.807, 2.05) is 30.3 Å². The monoisotopic (exact) mass is 337 g/mol. The van der Waals surface area contributed by atoms with E-state index in [1.54, 1.807) is 19.2 Å². The summed E-state index contributed by atoms with van der Waals surface area (Å²) < 4.78 is 10.7. The zero-order chi connectivity index (χ0) is 17.5. The molecule has 0 spiro atoms. The fraction of sp³-hybridized carbons (Fsp3) is 0.211. The van der Waals surface area contributed by atoms with Gasteiger partial charge >= 0.3 is 11.8 Å². The van der Waals surface area contributed by atoms with Gasteiger partial charge in [0.05, 0.1) is 12.7 Å². The van der Waals surface area contributed by atoms with Crippen LogP contribution in [-0.4, -0.2) is 29.8 Å². The molecule has 1 heterocycles. The molecule has 0 unspecified atom stereocenters. The summed E-state index contributed by atoms with van der Waals surface area (Å²) in [5.74, 6) is 0.440. The lowest BCUT2D eigenvalue weighted by Gasteiger charge is -2.04. The molecule has 0 fully saturated rings. The minimum Gasteiger partial charge on any atom is -0.496 e. The maximum absolute atomic E-state index is 12.1. The second-order valence-corrected chi connectivity index (χ2v) is 5.46. The molecular weight excluding hydrogens is 318 g/mol. The Balaban J connectivity index is 1.56. The SMILES string of the molecule is COc1ccccc1-c1nnc(C(=O)NCCCc2ccccc2)o1. The first-order valence-corrected chi connectivity index (χ1v) is 8.07. The standard InChI is InChI=1S/C19H19N3O3/c1-24-16-12-6-5-11-15(16)18-21-22-19(25-18)17(23)20-13-7-10-14-8-3-2-4-9-14/h2-6,8-9,11-12H,7,10,13H2,1H3,(H,20,23). The highest BCUT2D eigenvalue weighted by molar-refractivity contribution is 5.89. The lowest BCUT2D eigenvalue weighted by molar-refractivity contribution is 0.0919. The summed E-state index contributed by atoms with van der Waals surface area (Å²) in [7, 11) is 1.57. The number of hydrogen-bond acceptors (Lipinski definition) is 5. The van der Waals surface area contributed by atoms with E-state index in [0.29, 0.717) is 17.9 Å². The third kappa shape index (κ3) is 4.23. The van der Waals surface area contributed by atoms with Crippen LogP contribution in [-0.2, 0) is 6.42 Å². The van der Waals surface area contributed by atoms with Gasteiger partial charge in [0.1, 0.15) is 5.75 Å². The summed E-state index contributed by atoms with van der Waals surface area (Å²) in [5.41, 5.74) is 1.90. The van der Waals surface area contributed by atoms with Crippen molar-refractivity contribution in [2.24, 2.45) is 0 Å². The van der Waals surface area contributed by atoms with Gasteiger partial charge in [0.15, 0.2) is 0 Å². The summed E-state index contributed by atoms with van der Waals surface area (Å²) >= 11 is 0. The summed E-state index contributed by atoms with van der Waals surface area (Å²) in [6.07, 6.45) is 1.74. The van der Waals surface area contributed by atoms with E-state index in [2.05, 4.69) is 27.6 Å². The van der Waals surface area contributed by atoms with Crippen molar-refractivity contribution >= 4 is 5.91 Å². The van der Waals surface area contributed by atoms with E-state index in [4.69, 9.17) is 9.15 Å². The highest BCUT2D eigenvalue weighted by Crippen LogP contribution is 2.28. The van der Waals surface area contributed by atoms with E-state index in [1.165, 1.54) is 5.56 Å². The Morgan fingerprint density at radius 3 is 2.64 bits per heavy atom. The van der Waals surface area contributed by atoms with E-state index >= 15 is 0 Å². The molecule has 6 heteroatoms. The number of para-hydroxylation sites is 1. The molecule has 1 amide bonds. The summed E-state index contributed by atoms with van der Waals surface area (Å²) in [5, 5.41) is 10.6. The molecule has 0 bridgehead atoms. The zero-order valence-electron chi connectivity index (χ0n) is 13.9. The second kappa shape index (κ2) is 8.10. The van der Waals surface area contributed by atoms with Gasteiger partial charge in [-0.25, -0.2) is 0 Å². The maximum Gasteiger partial charge on any atom is 0.308 e. The predicted octanol–water partition coefficient (Wildman–Crippen LogP) is 3.11. The molecule has 1 aromatic heterocycles. The normalized spacial score (nSPS) is 10.4. The van der Waals surface area contributed by atoms with Crippen molar-refractivity contribution < 1.29 is 13.9 Å². The lowest BCUT2D eigenvalue weighted by atomic mass is 10.1. The van der Waals surface area contributed by atoms with Crippen LogP contribution in [0, 0.1) is 0 Å². The van der Waals surface area contributed by atoms with Crippen LogP contribution in [0.4, 0.5) is 0 Å². The van der Waals surface area contributed by atoms with Gasteiger partial charge in [0.25, 0.3) is 5.89 Å². The number of benzene rings is 2. The number of hydrogen-bond donors (Lipinski definition) is 1. The number of ether oxygens (including phenoxy) is 1. The zero-order valence-corrected chi connectivity index (χ0v) is 13.9. The van der Waals surface area contributed by atoms with Crippen molar-refractivity contribution in [2.45, 2.75) is 12.8 Å². The Morgan fingerprint density at radius 2 is 1.84 bits per heavy atom. The summed E-state index contributed by atoms with van der Waals surface area (Å²) in [6, 6.07) is 17.4. The molecule has 0 atom stereocenters. The molecule has 0 saturated carbocycles. The fourth-order valence-corrected chi connectivity index (χ4v) is 2.46. The molecule has 0 aliphatic heterocycles. The van der Waals surface area contributed by atoms with Crippen molar-refractivity contribution in [1.29, 1.82) is 0 Å². The van der Waals surface area contributed by atoms with Crippen molar-refractivity contribution in [1.82, 2.24) is 15.5 Å². The molecule has 6 nitrogen and oxygen atoms in total. The Labute approximate surface area is 145 Å². The first-order chi connectivity index (χ1) is 12.3. The molecule has 128 valence electrons. The maximum atomic E-state index is 12.1. The average molecular weight is 337 g/mol. The fourth-order valence-electron chi connectivity index (χ4n) is 2.46. The third-order valence-corrected chi connectivity index (χ3v) is 3.73. The van der Waals surface area contributed by atoms with Crippen molar-refractivity contribution in [2.75, 3.05) is 13.7 Å². The predicted molar refractivity (Wildman–Crippen MR) is 93.4 cm³/mol. The largest absolute Gasteiger partial charge is 0.496 e. The molecule has 0 radical (unpaired) electrons. The van der Waals surface area contributed by atoms with Crippen LogP contribution in [0.25, 0.3) is 11.5 Å². The minimum atomic E-state index is -0.373. The molecule has 0 aliphatic carbocycles. The first kappa shape index (κ1) is 16.7. The molecular formula is C19H19N3O3. The van der Waals surface area contributed by atoms with Crippen LogP contribution in [0.1, 0.15) is 22.7 Å². The molecule has 0 aliphatic rings. The Bertz CT molecular complexity index is 831. The molecule has 3 aromatic rings. The number of carbonyl (C=O) groups excluding carboxylic acids is 1. The third-order valence-electron chi connectivity index (χ3n) is 3.73. The average Bonchev–Trinajstić information content (AvgIpc) is 3.16. The van der Waals surface area contributed by atoms with E-state index in [-0.39, 0.29) is 17.7 Å². The van der Waals surface area contributed by atoms with Crippen LogP contribution >= 0.6 is 0 Å². The first-order valence-electron chi connectivity index (χ1n) is 8.07. The van der Waals surface area contributed by atoms with E-state index in [0.717, 1.165) is 12.8 Å². The van der Waals surface area contributed by atoms with E-state index < -0.39 is 0 Å².